The van der Waals surface area contributed by atoms with Crippen LogP contribution in [0.15, 0.2) is 48.9 Å². The van der Waals surface area contributed by atoms with Crippen LogP contribution in [-0.2, 0) is 0 Å². The number of nitrogens with zero attached hydrogens (tertiary/aromatic N) is 4. The van der Waals surface area contributed by atoms with Crippen molar-refractivity contribution in [2.75, 3.05) is 5.32 Å². The van der Waals surface area contributed by atoms with E-state index in [9.17, 15) is 4.79 Å². The third-order valence-corrected chi connectivity index (χ3v) is 3.49. The zero-order valence-corrected chi connectivity index (χ0v) is 14.3. The maximum Gasteiger partial charge on any atom is 0.259 e. The first-order valence-corrected chi connectivity index (χ1v) is 7.95. The van der Waals surface area contributed by atoms with E-state index in [-0.39, 0.29) is 12.0 Å². The van der Waals surface area contributed by atoms with E-state index in [0.717, 1.165) is 0 Å². The number of ether oxygens (including phenoxy) is 1. The van der Waals surface area contributed by atoms with Gasteiger partial charge in [0.05, 0.1) is 23.6 Å². The van der Waals surface area contributed by atoms with Gasteiger partial charge in [0.25, 0.3) is 5.91 Å². The Morgan fingerprint density at radius 1 is 1.16 bits per heavy atom. The molecule has 3 rings (SSSR count). The average Bonchev–Trinajstić information content (AvgIpc) is 2.98. The predicted octanol–water partition coefficient (Wildman–Crippen LogP) is 3.01. The Bertz CT molecular complexity index is 874. The molecule has 0 aliphatic carbocycles. The molecule has 0 bridgehead atoms. The Hall–Kier alpha value is -3.22. The smallest absolute Gasteiger partial charge is 0.259 e. The summed E-state index contributed by atoms with van der Waals surface area (Å²) in [5, 5.41) is 7.10. The second-order valence-electron chi connectivity index (χ2n) is 5.72. The van der Waals surface area contributed by atoms with Crippen LogP contribution in [0.5, 0.6) is 5.88 Å². The van der Waals surface area contributed by atoms with E-state index in [0.29, 0.717) is 28.6 Å². The van der Waals surface area contributed by atoms with Crippen LogP contribution in [0.25, 0.3) is 5.82 Å². The van der Waals surface area contributed by atoms with Crippen LogP contribution >= 0.6 is 0 Å². The van der Waals surface area contributed by atoms with Gasteiger partial charge in [0.2, 0.25) is 5.88 Å². The zero-order valence-electron chi connectivity index (χ0n) is 14.3. The van der Waals surface area contributed by atoms with E-state index >= 15 is 0 Å². The molecular weight excluding hydrogens is 318 g/mol. The third-order valence-electron chi connectivity index (χ3n) is 3.49. The van der Waals surface area contributed by atoms with Gasteiger partial charge in [0.1, 0.15) is 5.69 Å². The van der Waals surface area contributed by atoms with E-state index in [1.807, 2.05) is 39.0 Å². The number of amides is 1. The average molecular weight is 337 g/mol. The van der Waals surface area contributed by atoms with Crippen LogP contribution in [0, 0.1) is 6.92 Å². The molecule has 1 amide bonds. The van der Waals surface area contributed by atoms with Gasteiger partial charge in [0, 0.05) is 12.4 Å². The largest absolute Gasteiger partial charge is 0.473 e. The highest BCUT2D eigenvalue weighted by Crippen LogP contribution is 2.23. The lowest BCUT2D eigenvalue weighted by Crippen LogP contribution is -2.16. The fourth-order valence-electron chi connectivity index (χ4n) is 2.34. The van der Waals surface area contributed by atoms with E-state index in [2.05, 4.69) is 20.4 Å². The molecule has 3 aromatic rings. The van der Waals surface area contributed by atoms with Crippen LogP contribution in [0.3, 0.4) is 0 Å². The molecule has 3 heterocycles. The van der Waals surface area contributed by atoms with E-state index in [4.69, 9.17) is 4.74 Å². The Labute approximate surface area is 145 Å². The number of aromatic nitrogens is 4. The molecule has 0 saturated heterocycles. The summed E-state index contributed by atoms with van der Waals surface area (Å²) < 4.78 is 7.26. The van der Waals surface area contributed by atoms with Crippen molar-refractivity contribution < 1.29 is 9.53 Å². The summed E-state index contributed by atoms with van der Waals surface area (Å²) in [7, 11) is 0. The lowest BCUT2D eigenvalue weighted by atomic mass is 10.2. The summed E-state index contributed by atoms with van der Waals surface area (Å²) in [6.07, 6.45) is 4.79. The Morgan fingerprint density at radius 2 is 1.96 bits per heavy atom. The minimum Gasteiger partial charge on any atom is -0.473 e. The normalized spacial score (nSPS) is 10.7. The predicted molar refractivity (Wildman–Crippen MR) is 94.1 cm³/mol. The second kappa shape index (κ2) is 7.12. The zero-order chi connectivity index (χ0) is 17.8. The van der Waals surface area contributed by atoms with Crippen molar-refractivity contribution in [3.63, 3.8) is 0 Å². The van der Waals surface area contributed by atoms with Crippen LogP contribution < -0.4 is 10.1 Å². The number of hydrogen-bond donors (Lipinski definition) is 1. The van der Waals surface area contributed by atoms with Gasteiger partial charge < -0.3 is 10.1 Å². The number of carbonyl (C=O) groups excluding carboxylic acids is 1. The number of hydrogen-bond acceptors (Lipinski definition) is 5. The number of carbonyl (C=O) groups is 1. The Kier molecular flexibility index (Phi) is 4.74. The van der Waals surface area contributed by atoms with E-state index in [1.165, 1.54) is 6.20 Å². The number of anilines is 1. The first-order valence-electron chi connectivity index (χ1n) is 7.95. The van der Waals surface area contributed by atoms with Crippen molar-refractivity contribution in [2.24, 2.45) is 0 Å². The monoisotopic (exact) mass is 337 g/mol. The van der Waals surface area contributed by atoms with Gasteiger partial charge in [0.15, 0.2) is 5.82 Å². The summed E-state index contributed by atoms with van der Waals surface area (Å²) >= 11 is 0. The van der Waals surface area contributed by atoms with Gasteiger partial charge in [-0.2, -0.15) is 5.10 Å². The summed E-state index contributed by atoms with van der Waals surface area (Å²) in [5.74, 6) is 0.770. The van der Waals surface area contributed by atoms with E-state index in [1.54, 1.807) is 29.2 Å². The standard InChI is InChI=1S/C18H19N5O2/c1-12(2)25-18-15(7-6-10-20-18)22-17(24)14-11-21-23(13(14)3)16-8-4-5-9-19-16/h4-12H,1-3H3,(H,22,24). The maximum absolute atomic E-state index is 12.6. The summed E-state index contributed by atoms with van der Waals surface area (Å²) in [5.41, 5.74) is 1.68. The minimum absolute atomic E-state index is 0.0424. The highest BCUT2D eigenvalue weighted by molar-refractivity contribution is 6.05. The Balaban J connectivity index is 1.85. The second-order valence-corrected chi connectivity index (χ2v) is 5.72. The SMILES string of the molecule is Cc1c(C(=O)Nc2cccnc2OC(C)C)cnn1-c1ccccn1. The molecule has 7 heteroatoms. The molecule has 128 valence electrons. The van der Waals surface area contributed by atoms with E-state index < -0.39 is 0 Å². The number of nitrogens with one attached hydrogen (secondary N) is 1. The molecule has 0 saturated carbocycles. The highest BCUT2D eigenvalue weighted by Gasteiger charge is 2.17. The van der Waals surface area contributed by atoms with Gasteiger partial charge in [-0.25, -0.2) is 14.6 Å². The van der Waals surface area contributed by atoms with Gasteiger partial charge >= 0.3 is 0 Å². The molecule has 0 atom stereocenters. The molecule has 0 unspecified atom stereocenters. The molecule has 25 heavy (non-hydrogen) atoms. The van der Waals surface area contributed by atoms with Gasteiger partial charge in [-0.3, -0.25) is 4.79 Å². The highest BCUT2D eigenvalue weighted by atomic mass is 16.5. The molecular formula is C18H19N5O2. The quantitative estimate of drug-likeness (QED) is 0.774. The van der Waals surface area contributed by atoms with Crippen molar-refractivity contribution in [1.29, 1.82) is 0 Å². The van der Waals surface area contributed by atoms with Crippen molar-refractivity contribution >= 4 is 11.6 Å². The number of pyridine rings is 2. The molecule has 0 radical (unpaired) electrons. The van der Waals surface area contributed by atoms with Gasteiger partial charge in [-0.15, -0.1) is 0 Å². The van der Waals surface area contributed by atoms with Crippen LogP contribution in [0.4, 0.5) is 5.69 Å². The number of rotatable bonds is 5. The van der Waals surface area contributed by atoms with Crippen molar-refractivity contribution in [2.45, 2.75) is 26.9 Å². The molecule has 0 aliphatic rings. The molecule has 0 aliphatic heterocycles. The van der Waals surface area contributed by atoms with Crippen LogP contribution in [0.1, 0.15) is 29.9 Å². The summed E-state index contributed by atoms with van der Waals surface area (Å²) in [6.45, 7) is 5.63. The lowest BCUT2D eigenvalue weighted by Gasteiger charge is -2.13. The van der Waals surface area contributed by atoms with Crippen molar-refractivity contribution in [3.05, 3.63) is 60.2 Å². The van der Waals surface area contributed by atoms with Crippen molar-refractivity contribution in [3.8, 4) is 11.7 Å². The Morgan fingerprint density at radius 3 is 2.68 bits per heavy atom. The minimum atomic E-state index is -0.277. The fourth-order valence-corrected chi connectivity index (χ4v) is 2.34. The van der Waals surface area contributed by atoms with Crippen LogP contribution in [0.2, 0.25) is 0 Å². The topological polar surface area (TPSA) is 81.9 Å². The lowest BCUT2D eigenvalue weighted by molar-refractivity contribution is 0.102. The van der Waals surface area contributed by atoms with Gasteiger partial charge in [-0.05, 0) is 45.0 Å². The molecule has 7 nitrogen and oxygen atoms in total. The maximum atomic E-state index is 12.6. The first kappa shape index (κ1) is 16.6. The molecule has 3 aromatic heterocycles. The molecule has 0 fully saturated rings. The van der Waals surface area contributed by atoms with Crippen molar-refractivity contribution in [1.82, 2.24) is 19.7 Å². The molecule has 1 N–H and O–H groups in total. The molecule has 0 spiro atoms. The fraction of sp³-hybridized carbons (Fsp3) is 0.222. The first-order chi connectivity index (χ1) is 12.1. The summed E-state index contributed by atoms with van der Waals surface area (Å²) in [6, 6.07) is 9.02. The summed E-state index contributed by atoms with van der Waals surface area (Å²) in [4.78, 5) is 21.1. The third kappa shape index (κ3) is 3.65. The molecule has 0 aromatic carbocycles. The van der Waals surface area contributed by atoms with Crippen LogP contribution in [-0.4, -0.2) is 31.8 Å². The van der Waals surface area contributed by atoms with Gasteiger partial charge in [-0.1, -0.05) is 6.07 Å².